The van der Waals surface area contributed by atoms with Crippen LogP contribution in [0, 0.1) is 5.92 Å². The summed E-state index contributed by atoms with van der Waals surface area (Å²) in [6.45, 7) is 0.769. The molecule has 1 heterocycles. The Morgan fingerprint density at radius 1 is 1.08 bits per heavy atom. The van der Waals surface area contributed by atoms with Crippen LogP contribution < -0.4 is 14.8 Å². The van der Waals surface area contributed by atoms with Crippen LogP contribution in [-0.2, 0) is 4.79 Å². The summed E-state index contributed by atoms with van der Waals surface area (Å²) in [6, 6.07) is 12.7. The van der Waals surface area contributed by atoms with Crippen molar-refractivity contribution in [2.75, 3.05) is 13.2 Å². The Morgan fingerprint density at radius 2 is 1.92 bits per heavy atom. The van der Waals surface area contributed by atoms with Crippen molar-refractivity contribution < 1.29 is 14.3 Å². The minimum absolute atomic E-state index is 0.0137. The second-order valence-corrected chi connectivity index (χ2v) is 6.34. The summed E-state index contributed by atoms with van der Waals surface area (Å²) in [4.78, 5) is 16.1. The maximum Gasteiger partial charge on any atom is 0.257 e. The number of carbonyl (C=O) groups is 1. The van der Waals surface area contributed by atoms with E-state index in [0.717, 1.165) is 6.54 Å². The SMILES string of the molecule is O=C(COc1cccc(Oc2ccccn2)c1)NCC1CCCCC1. The third-order valence-electron chi connectivity index (χ3n) is 4.35. The zero-order chi connectivity index (χ0) is 17.3. The molecule has 0 radical (unpaired) electrons. The second kappa shape index (κ2) is 9.06. The number of carbonyl (C=O) groups excluding carboxylic acids is 1. The molecular formula is C20H24N2O3. The van der Waals surface area contributed by atoms with Gasteiger partial charge in [0.2, 0.25) is 5.88 Å². The number of hydrogen-bond acceptors (Lipinski definition) is 4. The van der Waals surface area contributed by atoms with Crippen LogP contribution >= 0.6 is 0 Å². The molecule has 1 aliphatic rings. The maximum atomic E-state index is 12.0. The monoisotopic (exact) mass is 340 g/mol. The Morgan fingerprint density at radius 3 is 2.72 bits per heavy atom. The van der Waals surface area contributed by atoms with E-state index >= 15 is 0 Å². The molecule has 5 heteroatoms. The van der Waals surface area contributed by atoms with Gasteiger partial charge in [0.15, 0.2) is 6.61 Å². The summed E-state index contributed by atoms with van der Waals surface area (Å²) >= 11 is 0. The van der Waals surface area contributed by atoms with E-state index in [-0.39, 0.29) is 12.5 Å². The molecule has 1 aliphatic carbocycles. The number of pyridine rings is 1. The third-order valence-corrected chi connectivity index (χ3v) is 4.35. The lowest BCUT2D eigenvalue weighted by atomic mass is 9.89. The quantitative estimate of drug-likeness (QED) is 0.829. The first-order valence-corrected chi connectivity index (χ1v) is 8.88. The van der Waals surface area contributed by atoms with Gasteiger partial charge in [-0.05, 0) is 37.0 Å². The van der Waals surface area contributed by atoms with Crippen LogP contribution in [0.4, 0.5) is 0 Å². The summed E-state index contributed by atoms with van der Waals surface area (Å²) in [7, 11) is 0. The molecule has 2 aromatic rings. The molecule has 0 saturated heterocycles. The molecule has 1 amide bonds. The van der Waals surface area contributed by atoms with Crippen LogP contribution in [0.5, 0.6) is 17.4 Å². The summed E-state index contributed by atoms with van der Waals surface area (Å²) < 4.78 is 11.2. The number of nitrogens with zero attached hydrogens (tertiary/aromatic N) is 1. The molecule has 25 heavy (non-hydrogen) atoms. The first-order valence-electron chi connectivity index (χ1n) is 8.88. The lowest BCUT2D eigenvalue weighted by Gasteiger charge is -2.21. The van der Waals surface area contributed by atoms with Crippen molar-refractivity contribution in [2.45, 2.75) is 32.1 Å². The molecule has 1 saturated carbocycles. The first kappa shape index (κ1) is 17.3. The highest BCUT2D eigenvalue weighted by Crippen LogP contribution is 2.24. The molecule has 0 spiro atoms. The molecule has 1 aromatic carbocycles. The minimum Gasteiger partial charge on any atom is -0.484 e. The van der Waals surface area contributed by atoms with Gasteiger partial charge in [0.05, 0.1) is 0 Å². The van der Waals surface area contributed by atoms with Crippen LogP contribution in [0.3, 0.4) is 0 Å². The highest BCUT2D eigenvalue weighted by molar-refractivity contribution is 5.77. The number of aromatic nitrogens is 1. The second-order valence-electron chi connectivity index (χ2n) is 6.34. The van der Waals surface area contributed by atoms with E-state index in [1.165, 1.54) is 32.1 Å². The van der Waals surface area contributed by atoms with Gasteiger partial charge < -0.3 is 14.8 Å². The summed E-state index contributed by atoms with van der Waals surface area (Å²) in [5.41, 5.74) is 0. The van der Waals surface area contributed by atoms with E-state index in [9.17, 15) is 4.79 Å². The summed E-state index contributed by atoms with van der Waals surface area (Å²) in [5.74, 6) is 2.28. The molecule has 0 aliphatic heterocycles. The Balaban J connectivity index is 1.44. The van der Waals surface area contributed by atoms with Crippen molar-refractivity contribution in [3.63, 3.8) is 0 Å². The van der Waals surface area contributed by atoms with Crippen LogP contribution in [0.25, 0.3) is 0 Å². The zero-order valence-electron chi connectivity index (χ0n) is 14.3. The predicted molar refractivity (Wildman–Crippen MR) is 95.8 cm³/mol. The van der Waals surface area contributed by atoms with Gasteiger partial charge in [-0.25, -0.2) is 4.98 Å². The van der Waals surface area contributed by atoms with Gasteiger partial charge >= 0.3 is 0 Å². The fraction of sp³-hybridized carbons (Fsp3) is 0.400. The van der Waals surface area contributed by atoms with Crippen LogP contribution in [0.1, 0.15) is 32.1 Å². The average Bonchev–Trinajstić information content (AvgIpc) is 2.67. The van der Waals surface area contributed by atoms with Crippen molar-refractivity contribution in [1.29, 1.82) is 0 Å². The lowest BCUT2D eigenvalue weighted by molar-refractivity contribution is -0.123. The Bertz CT molecular complexity index is 670. The highest BCUT2D eigenvalue weighted by Gasteiger charge is 2.14. The van der Waals surface area contributed by atoms with E-state index < -0.39 is 0 Å². The molecular weight excluding hydrogens is 316 g/mol. The molecule has 1 aromatic heterocycles. The largest absolute Gasteiger partial charge is 0.484 e. The number of nitrogens with one attached hydrogen (secondary N) is 1. The zero-order valence-corrected chi connectivity index (χ0v) is 14.3. The standard InChI is InChI=1S/C20H24N2O3/c23-19(22-14-16-7-2-1-3-8-16)15-24-17-9-6-10-18(13-17)25-20-11-4-5-12-21-20/h4-6,9-13,16H,1-3,7-8,14-15H2,(H,22,23). The molecule has 0 atom stereocenters. The van der Waals surface area contributed by atoms with E-state index in [4.69, 9.17) is 9.47 Å². The van der Waals surface area contributed by atoms with Crippen LogP contribution in [0.15, 0.2) is 48.7 Å². The van der Waals surface area contributed by atoms with Crippen molar-refractivity contribution in [3.05, 3.63) is 48.7 Å². The number of benzene rings is 1. The van der Waals surface area contributed by atoms with E-state index in [2.05, 4.69) is 10.3 Å². The summed E-state index contributed by atoms with van der Waals surface area (Å²) in [6.07, 6.45) is 7.99. The first-order chi connectivity index (χ1) is 12.3. The van der Waals surface area contributed by atoms with E-state index in [1.807, 2.05) is 24.3 Å². The Kier molecular flexibility index (Phi) is 6.26. The highest BCUT2D eigenvalue weighted by atomic mass is 16.5. The Hall–Kier alpha value is -2.56. The van der Waals surface area contributed by atoms with Crippen LogP contribution in [-0.4, -0.2) is 24.0 Å². The van der Waals surface area contributed by atoms with Gasteiger partial charge in [0.25, 0.3) is 5.91 Å². The molecule has 132 valence electrons. The number of rotatable bonds is 7. The fourth-order valence-electron chi connectivity index (χ4n) is 3.01. The van der Waals surface area contributed by atoms with Crippen molar-refractivity contribution in [3.8, 4) is 17.4 Å². The van der Waals surface area contributed by atoms with Crippen LogP contribution in [0.2, 0.25) is 0 Å². The molecule has 1 N–H and O–H groups in total. The van der Waals surface area contributed by atoms with Crippen molar-refractivity contribution >= 4 is 5.91 Å². The number of ether oxygens (including phenoxy) is 2. The van der Waals surface area contributed by atoms with Crippen molar-refractivity contribution in [1.82, 2.24) is 10.3 Å². The number of amides is 1. The normalized spacial score (nSPS) is 14.7. The summed E-state index contributed by atoms with van der Waals surface area (Å²) in [5, 5.41) is 2.97. The smallest absolute Gasteiger partial charge is 0.257 e. The maximum absolute atomic E-state index is 12.0. The van der Waals surface area contributed by atoms with Gasteiger partial charge in [-0.1, -0.05) is 31.4 Å². The lowest BCUT2D eigenvalue weighted by Crippen LogP contribution is -2.33. The fourth-order valence-corrected chi connectivity index (χ4v) is 3.01. The molecule has 0 unspecified atom stereocenters. The van der Waals surface area contributed by atoms with Gasteiger partial charge in [-0.3, -0.25) is 4.79 Å². The van der Waals surface area contributed by atoms with Gasteiger partial charge in [0.1, 0.15) is 11.5 Å². The van der Waals surface area contributed by atoms with Crippen molar-refractivity contribution in [2.24, 2.45) is 5.92 Å². The average molecular weight is 340 g/mol. The van der Waals surface area contributed by atoms with E-state index in [0.29, 0.717) is 23.3 Å². The van der Waals surface area contributed by atoms with Gasteiger partial charge in [0, 0.05) is 24.9 Å². The number of hydrogen-bond donors (Lipinski definition) is 1. The third kappa shape index (κ3) is 5.78. The Labute approximate surface area is 148 Å². The van der Waals surface area contributed by atoms with Gasteiger partial charge in [-0.2, -0.15) is 0 Å². The molecule has 0 bridgehead atoms. The van der Waals surface area contributed by atoms with Gasteiger partial charge in [-0.15, -0.1) is 0 Å². The predicted octanol–water partition coefficient (Wildman–Crippen LogP) is 3.95. The molecule has 5 nitrogen and oxygen atoms in total. The molecule has 1 fully saturated rings. The minimum atomic E-state index is -0.0818. The van der Waals surface area contributed by atoms with E-state index in [1.54, 1.807) is 24.4 Å². The molecule has 3 rings (SSSR count). The topological polar surface area (TPSA) is 60.5 Å².